The van der Waals surface area contributed by atoms with E-state index in [2.05, 4.69) is 44.5 Å². The molecule has 154 valence electrons. The van der Waals surface area contributed by atoms with Crippen molar-refractivity contribution in [3.8, 4) is 0 Å². The zero-order valence-electron chi connectivity index (χ0n) is 18.1. The summed E-state index contributed by atoms with van der Waals surface area (Å²) in [6.45, 7) is 15.6. The Balaban J connectivity index is 1.64. The number of hydrogen-bond donors (Lipinski definition) is 1. The molecule has 3 aliphatic rings. The molecule has 0 spiro atoms. The highest BCUT2D eigenvalue weighted by Crippen LogP contribution is 2.39. The van der Waals surface area contributed by atoms with Gasteiger partial charge in [0.15, 0.2) is 5.78 Å². The first-order valence-corrected chi connectivity index (χ1v) is 10.9. The zero-order valence-corrected chi connectivity index (χ0v) is 18.1. The maximum absolute atomic E-state index is 13.1. The third-order valence-electron chi connectivity index (χ3n) is 6.94. The van der Waals surface area contributed by atoms with Gasteiger partial charge in [0.25, 0.3) is 0 Å². The van der Waals surface area contributed by atoms with Gasteiger partial charge >= 0.3 is 0 Å². The van der Waals surface area contributed by atoms with E-state index in [0.717, 1.165) is 61.7 Å². The van der Waals surface area contributed by atoms with Crippen molar-refractivity contribution >= 4 is 11.7 Å². The van der Waals surface area contributed by atoms with E-state index in [1.54, 1.807) is 0 Å². The third-order valence-corrected chi connectivity index (χ3v) is 6.94. The lowest BCUT2D eigenvalue weighted by Gasteiger charge is -2.30. The standard InChI is InChI=1S/C23H35N3O2/c1-14(2)11-26-15(3)18(22-19(26)7-23(4,5)8-20(22)27)6-21(28)25-12-16-9-24-10-17(16)13-25/h14,16-17,24H,6-13H2,1-5H3/t16-,17+. The SMILES string of the molecule is Cc1c(CC(=O)N2C[C@H]3CNC[C@H]3C2)c2c(n1CC(C)C)CC(C)(C)CC2=O. The molecule has 1 aliphatic carbocycles. The van der Waals surface area contributed by atoms with Gasteiger partial charge in [0.2, 0.25) is 5.91 Å². The quantitative estimate of drug-likeness (QED) is 0.867. The van der Waals surface area contributed by atoms with Gasteiger partial charge in [0.05, 0.1) is 6.42 Å². The fraction of sp³-hybridized carbons (Fsp3) is 0.739. The van der Waals surface area contributed by atoms with E-state index >= 15 is 0 Å². The molecule has 2 atom stereocenters. The van der Waals surface area contributed by atoms with Gasteiger partial charge in [-0.1, -0.05) is 27.7 Å². The summed E-state index contributed by atoms with van der Waals surface area (Å²) < 4.78 is 2.34. The lowest BCUT2D eigenvalue weighted by molar-refractivity contribution is -0.129. The van der Waals surface area contributed by atoms with Gasteiger partial charge in [-0.3, -0.25) is 9.59 Å². The molecule has 0 saturated carbocycles. The Morgan fingerprint density at radius 1 is 1.18 bits per heavy atom. The summed E-state index contributed by atoms with van der Waals surface area (Å²) in [6, 6.07) is 0. The summed E-state index contributed by atoms with van der Waals surface area (Å²) in [7, 11) is 0. The molecule has 1 amide bonds. The molecule has 0 radical (unpaired) electrons. The highest BCUT2D eigenvalue weighted by Gasteiger charge is 2.40. The van der Waals surface area contributed by atoms with Gasteiger partial charge in [0.1, 0.15) is 0 Å². The Hall–Kier alpha value is -1.62. The maximum atomic E-state index is 13.1. The number of carbonyl (C=O) groups is 2. The molecule has 28 heavy (non-hydrogen) atoms. The predicted molar refractivity (Wildman–Crippen MR) is 111 cm³/mol. The number of nitrogens with zero attached hydrogens (tertiary/aromatic N) is 2. The van der Waals surface area contributed by atoms with Crippen LogP contribution in [0.2, 0.25) is 0 Å². The number of hydrogen-bond acceptors (Lipinski definition) is 3. The van der Waals surface area contributed by atoms with Crippen LogP contribution in [0, 0.1) is 30.1 Å². The van der Waals surface area contributed by atoms with E-state index in [1.165, 1.54) is 0 Å². The maximum Gasteiger partial charge on any atom is 0.227 e. The highest BCUT2D eigenvalue weighted by atomic mass is 16.2. The second-order valence-corrected chi connectivity index (χ2v) is 10.5. The molecule has 3 heterocycles. The van der Waals surface area contributed by atoms with E-state index in [-0.39, 0.29) is 17.1 Å². The summed E-state index contributed by atoms with van der Waals surface area (Å²) in [5, 5.41) is 3.43. The molecule has 1 N–H and O–H groups in total. The van der Waals surface area contributed by atoms with Gasteiger partial charge in [0, 0.05) is 56.1 Å². The minimum absolute atomic E-state index is 0.00964. The van der Waals surface area contributed by atoms with Gasteiger partial charge in [-0.05, 0) is 42.1 Å². The zero-order chi connectivity index (χ0) is 20.2. The fourth-order valence-corrected chi connectivity index (χ4v) is 5.56. The topological polar surface area (TPSA) is 54.3 Å². The fourth-order valence-electron chi connectivity index (χ4n) is 5.56. The van der Waals surface area contributed by atoms with Crippen LogP contribution in [0.1, 0.15) is 61.4 Å². The first-order chi connectivity index (χ1) is 13.2. The average molecular weight is 386 g/mol. The molecule has 2 fully saturated rings. The molecule has 0 unspecified atom stereocenters. The molecular formula is C23H35N3O2. The van der Waals surface area contributed by atoms with Gasteiger partial charge in [-0.15, -0.1) is 0 Å². The number of rotatable bonds is 4. The molecule has 0 bridgehead atoms. The molecule has 5 heteroatoms. The van der Waals surface area contributed by atoms with Crippen LogP contribution < -0.4 is 5.32 Å². The van der Waals surface area contributed by atoms with Crippen molar-refractivity contribution in [2.75, 3.05) is 26.2 Å². The minimum atomic E-state index is -0.00964. The van der Waals surface area contributed by atoms with E-state index in [0.29, 0.717) is 30.6 Å². The van der Waals surface area contributed by atoms with Crippen LogP contribution in [0.15, 0.2) is 0 Å². The van der Waals surface area contributed by atoms with Gasteiger partial charge < -0.3 is 14.8 Å². The number of likely N-dealkylation sites (tertiary alicyclic amines) is 1. The Kier molecular flexibility index (Phi) is 4.93. The molecular weight excluding hydrogens is 350 g/mol. The molecule has 4 rings (SSSR count). The first kappa shape index (κ1) is 19.7. The first-order valence-electron chi connectivity index (χ1n) is 10.9. The number of Topliss-reactive ketones (excluding diaryl/α,β-unsaturated/α-hetero) is 1. The molecule has 1 aromatic heterocycles. The Morgan fingerprint density at radius 2 is 1.82 bits per heavy atom. The number of ketones is 1. The van der Waals surface area contributed by atoms with E-state index < -0.39 is 0 Å². The molecule has 2 aliphatic heterocycles. The highest BCUT2D eigenvalue weighted by molar-refractivity contribution is 6.01. The van der Waals surface area contributed by atoms with Crippen molar-refractivity contribution in [2.45, 2.75) is 60.4 Å². The number of amides is 1. The lowest BCUT2D eigenvalue weighted by atomic mass is 9.75. The Labute approximate surface area is 168 Å². The largest absolute Gasteiger partial charge is 0.348 e. The van der Waals surface area contributed by atoms with Crippen LogP contribution in [-0.2, 0) is 24.2 Å². The van der Waals surface area contributed by atoms with E-state index in [1.807, 2.05) is 4.90 Å². The summed E-state index contributed by atoms with van der Waals surface area (Å²) in [5.41, 5.74) is 4.14. The molecule has 1 aromatic rings. The van der Waals surface area contributed by atoms with Crippen LogP contribution in [0.25, 0.3) is 0 Å². The second kappa shape index (κ2) is 7.01. The second-order valence-electron chi connectivity index (χ2n) is 10.5. The van der Waals surface area contributed by atoms with Crippen molar-refractivity contribution in [1.29, 1.82) is 0 Å². The summed E-state index contributed by atoms with van der Waals surface area (Å²) in [6.07, 6.45) is 1.86. The number of carbonyl (C=O) groups excluding carboxylic acids is 2. The van der Waals surface area contributed by atoms with Gasteiger partial charge in [-0.25, -0.2) is 0 Å². The van der Waals surface area contributed by atoms with Crippen molar-refractivity contribution in [2.24, 2.45) is 23.2 Å². The summed E-state index contributed by atoms with van der Waals surface area (Å²) in [4.78, 5) is 28.3. The minimum Gasteiger partial charge on any atom is -0.348 e. The van der Waals surface area contributed by atoms with Crippen LogP contribution in [0.4, 0.5) is 0 Å². The van der Waals surface area contributed by atoms with E-state index in [4.69, 9.17) is 0 Å². The van der Waals surface area contributed by atoms with Crippen LogP contribution in [-0.4, -0.2) is 47.3 Å². The van der Waals surface area contributed by atoms with Crippen LogP contribution in [0.3, 0.4) is 0 Å². The van der Waals surface area contributed by atoms with E-state index in [9.17, 15) is 9.59 Å². The summed E-state index contributed by atoms with van der Waals surface area (Å²) >= 11 is 0. The van der Waals surface area contributed by atoms with Crippen LogP contribution >= 0.6 is 0 Å². The number of aromatic nitrogens is 1. The lowest BCUT2D eigenvalue weighted by Crippen LogP contribution is -2.33. The monoisotopic (exact) mass is 385 g/mol. The molecule has 5 nitrogen and oxygen atoms in total. The Bertz CT molecular complexity index is 793. The third kappa shape index (κ3) is 3.42. The van der Waals surface area contributed by atoms with Crippen molar-refractivity contribution in [1.82, 2.24) is 14.8 Å². The molecule has 0 aromatic carbocycles. The van der Waals surface area contributed by atoms with Crippen molar-refractivity contribution in [3.63, 3.8) is 0 Å². The van der Waals surface area contributed by atoms with Crippen LogP contribution in [0.5, 0.6) is 0 Å². The Morgan fingerprint density at radius 3 is 2.43 bits per heavy atom. The smallest absolute Gasteiger partial charge is 0.227 e. The summed E-state index contributed by atoms with van der Waals surface area (Å²) in [5.74, 6) is 2.13. The van der Waals surface area contributed by atoms with Gasteiger partial charge in [-0.2, -0.15) is 0 Å². The van der Waals surface area contributed by atoms with Crippen molar-refractivity contribution in [3.05, 3.63) is 22.5 Å². The number of nitrogens with one attached hydrogen (secondary N) is 1. The number of fused-ring (bicyclic) bond motifs is 2. The normalized spacial score (nSPS) is 26.1. The predicted octanol–water partition coefficient (Wildman–Crippen LogP) is 2.83. The average Bonchev–Trinajstić information content (AvgIpc) is 3.22. The molecule has 2 saturated heterocycles. The van der Waals surface area contributed by atoms with Crippen molar-refractivity contribution < 1.29 is 9.59 Å².